The SMILES string of the molecule is COc1ccc(OC)c(CNCc2ccc(CS(C)(=O)=O)cc2)c1. The third-order valence-electron chi connectivity index (χ3n) is 3.58. The normalized spacial score (nSPS) is 11.3. The van der Waals surface area contributed by atoms with Crippen LogP contribution in [0.1, 0.15) is 16.7 Å². The summed E-state index contributed by atoms with van der Waals surface area (Å²) < 4.78 is 33.2. The van der Waals surface area contributed by atoms with Gasteiger partial charge in [-0.05, 0) is 29.3 Å². The van der Waals surface area contributed by atoms with Gasteiger partial charge in [0.05, 0.1) is 20.0 Å². The Balaban J connectivity index is 1.94. The van der Waals surface area contributed by atoms with Gasteiger partial charge in [0.2, 0.25) is 0 Å². The molecule has 130 valence electrons. The smallest absolute Gasteiger partial charge is 0.151 e. The lowest BCUT2D eigenvalue weighted by molar-refractivity contribution is 0.397. The van der Waals surface area contributed by atoms with E-state index in [1.54, 1.807) is 14.2 Å². The average Bonchev–Trinajstić information content (AvgIpc) is 2.55. The predicted octanol–water partition coefficient (Wildman–Crippen LogP) is 2.54. The van der Waals surface area contributed by atoms with E-state index in [2.05, 4.69) is 5.32 Å². The Morgan fingerprint density at radius 3 is 2.17 bits per heavy atom. The molecule has 5 nitrogen and oxygen atoms in total. The van der Waals surface area contributed by atoms with Crippen LogP contribution in [0.3, 0.4) is 0 Å². The number of hydrogen-bond acceptors (Lipinski definition) is 5. The molecular weight excluding hydrogens is 326 g/mol. The fraction of sp³-hybridized carbons (Fsp3) is 0.333. The van der Waals surface area contributed by atoms with Crippen molar-refractivity contribution >= 4 is 9.84 Å². The molecule has 0 heterocycles. The van der Waals surface area contributed by atoms with Gasteiger partial charge in [-0.15, -0.1) is 0 Å². The topological polar surface area (TPSA) is 64.6 Å². The third kappa shape index (κ3) is 5.54. The molecule has 0 aromatic heterocycles. The summed E-state index contributed by atoms with van der Waals surface area (Å²) >= 11 is 0. The van der Waals surface area contributed by atoms with E-state index in [-0.39, 0.29) is 5.75 Å². The maximum absolute atomic E-state index is 11.3. The van der Waals surface area contributed by atoms with Gasteiger partial charge >= 0.3 is 0 Å². The molecule has 6 heteroatoms. The first-order valence-corrected chi connectivity index (χ1v) is 9.64. The van der Waals surface area contributed by atoms with Crippen LogP contribution in [-0.4, -0.2) is 28.9 Å². The molecule has 1 N–H and O–H groups in total. The second kappa shape index (κ2) is 8.17. The van der Waals surface area contributed by atoms with E-state index in [0.29, 0.717) is 13.1 Å². The molecule has 2 aromatic rings. The first kappa shape index (κ1) is 18.3. The number of methoxy groups -OCH3 is 2. The maximum atomic E-state index is 11.3. The van der Waals surface area contributed by atoms with E-state index in [9.17, 15) is 8.42 Å². The highest BCUT2D eigenvalue weighted by atomic mass is 32.2. The van der Waals surface area contributed by atoms with Gasteiger partial charge in [0.15, 0.2) is 9.84 Å². The van der Waals surface area contributed by atoms with Gasteiger partial charge in [0.1, 0.15) is 11.5 Å². The molecule has 0 amide bonds. The maximum Gasteiger partial charge on any atom is 0.151 e. The summed E-state index contributed by atoms with van der Waals surface area (Å²) in [6.45, 7) is 1.32. The molecule has 0 atom stereocenters. The van der Waals surface area contributed by atoms with Gasteiger partial charge in [-0.25, -0.2) is 8.42 Å². The molecule has 0 aliphatic rings. The van der Waals surface area contributed by atoms with E-state index in [1.807, 2.05) is 42.5 Å². The number of ether oxygens (including phenoxy) is 2. The average molecular weight is 349 g/mol. The van der Waals surface area contributed by atoms with E-state index in [0.717, 1.165) is 28.2 Å². The van der Waals surface area contributed by atoms with Crippen LogP contribution in [0.15, 0.2) is 42.5 Å². The minimum Gasteiger partial charge on any atom is -0.497 e. The quantitative estimate of drug-likeness (QED) is 0.793. The zero-order valence-electron chi connectivity index (χ0n) is 14.2. The van der Waals surface area contributed by atoms with Crippen LogP contribution >= 0.6 is 0 Å². The Hall–Kier alpha value is -2.05. The van der Waals surface area contributed by atoms with Gasteiger partial charge in [0, 0.05) is 24.9 Å². The van der Waals surface area contributed by atoms with Gasteiger partial charge in [-0.1, -0.05) is 24.3 Å². The van der Waals surface area contributed by atoms with Crippen molar-refractivity contribution in [2.75, 3.05) is 20.5 Å². The van der Waals surface area contributed by atoms with Crippen molar-refractivity contribution in [2.24, 2.45) is 0 Å². The highest BCUT2D eigenvalue weighted by Gasteiger charge is 2.06. The summed E-state index contributed by atoms with van der Waals surface area (Å²) in [6.07, 6.45) is 1.24. The fourth-order valence-corrected chi connectivity index (χ4v) is 3.22. The summed E-state index contributed by atoms with van der Waals surface area (Å²) in [7, 11) is 0.282. The second-order valence-electron chi connectivity index (χ2n) is 5.67. The summed E-state index contributed by atoms with van der Waals surface area (Å²) in [5, 5.41) is 3.36. The number of benzene rings is 2. The van der Waals surface area contributed by atoms with Crippen molar-refractivity contribution in [1.29, 1.82) is 0 Å². The molecule has 0 bridgehead atoms. The highest BCUT2D eigenvalue weighted by molar-refractivity contribution is 7.89. The molecule has 2 rings (SSSR count). The van der Waals surface area contributed by atoms with E-state index >= 15 is 0 Å². The van der Waals surface area contributed by atoms with Crippen LogP contribution in [-0.2, 0) is 28.7 Å². The standard InChI is InChI=1S/C18H23NO4S/c1-22-17-8-9-18(23-2)16(10-17)12-19-11-14-4-6-15(7-5-14)13-24(3,20)21/h4-10,19H,11-13H2,1-3H3. The van der Waals surface area contributed by atoms with Gasteiger partial charge in [0.25, 0.3) is 0 Å². The molecule has 0 spiro atoms. The molecule has 0 aliphatic carbocycles. The minimum absolute atomic E-state index is 0.0711. The van der Waals surface area contributed by atoms with Crippen molar-refractivity contribution < 1.29 is 17.9 Å². The van der Waals surface area contributed by atoms with E-state index < -0.39 is 9.84 Å². The summed E-state index contributed by atoms with van der Waals surface area (Å²) in [6, 6.07) is 13.3. The Morgan fingerprint density at radius 2 is 1.58 bits per heavy atom. The van der Waals surface area contributed by atoms with Crippen molar-refractivity contribution in [3.63, 3.8) is 0 Å². The third-order valence-corrected chi connectivity index (χ3v) is 4.44. The van der Waals surface area contributed by atoms with Crippen LogP contribution in [0, 0.1) is 0 Å². The molecule has 24 heavy (non-hydrogen) atoms. The number of sulfone groups is 1. The Kier molecular flexibility index (Phi) is 6.23. The van der Waals surface area contributed by atoms with Crippen molar-refractivity contribution in [2.45, 2.75) is 18.8 Å². The van der Waals surface area contributed by atoms with Crippen LogP contribution in [0.4, 0.5) is 0 Å². The monoisotopic (exact) mass is 349 g/mol. The van der Waals surface area contributed by atoms with Crippen LogP contribution in [0.2, 0.25) is 0 Å². The molecule has 0 saturated heterocycles. The van der Waals surface area contributed by atoms with E-state index in [4.69, 9.17) is 9.47 Å². The minimum atomic E-state index is -3.00. The van der Waals surface area contributed by atoms with Crippen molar-refractivity contribution in [3.05, 3.63) is 59.2 Å². The summed E-state index contributed by atoms with van der Waals surface area (Å²) in [5.41, 5.74) is 2.91. The predicted molar refractivity (Wildman–Crippen MR) is 95.1 cm³/mol. The molecule has 0 radical (unpaired) electrons. The number of hydrogen-bond donors (Lipinski definition) is 1. The Labute approximate surface area is 143 Å². The Morgan fingerprint density at radius 1 is 0.917 bits per heavy atom. The van der Waals surface area contributed by atoms with Crippen molar-refractivity contribution in [3.8, 4) is 11.5 Å². The number of nitrogens with one attached hydrogen (secondary N) is 1. The van der Waals surface area contributed by atoms with Crippen molar-refractivity contribution in [1.82, 2.24) is 5.32 Å². The highest BCUT2D eigenvalue weighted by Crippen LogP contribution is 2.23. The van der Waals surface area contributed by atoms with Gasteiger partial charge < -0.3 is 14.8 Å². The first-order valence-electron chi connectivity index (χ1n) is 7.58. The molecule has 0 saturated carbocycles. The Bertz CT molecular complexity index is 770. The van der Waals surface area contributed by atoms with E-state index in [1.165, 1.54) is 6.26 Å². The zero-order valence-corrected chi connectivity index (χ0v) is 15.0. The lowest BCUT2D eigenvalue weighted by Crippen LogP contribution is -2.13. The zero-order chi connectivity index (χ0) is 17.6. The second-order valence-corrected chi connectivity index (χ2v) is 7.81. The molecular formula is C18H23NO4S. The lowest BCUT2D eigenvalue weighted by Gasteiger charge is -2.11. The lowest BCUT2D eigenvalue weighted by atomic mass is 10.1. The molecule has 0 aliphatic heterocycles. The molecule has 2 aromatic carbocycles. The molecule has 0 unspecified atom stereocenters. The van der Waals surface area contributed by atoms with Crippen LogP contribution < -0.4 is 14.8 Å². The van der Waals surface area contributed by atoms with Crippen LogP contribution in [0.25, 0.3) is 0 Å². The molecule has 0 fully saturated rings. The fourth-order valence-electron chi connectivity index (χ4n) is 2.42. The van der Waals surface area contributed by atoms with Gasteiger partial charge in [-0.3, -0.25) is 0 Å². The largest absolute Gasteiger partial charge is 0.497 e. The first-order chi connectivity index (χ1) is 11.4. The van der Waals surface area contributed by atoms with Crippen LogP contribution in [0.5, 0.6) is 11.5 Å². The summed E-state index contributed by atoms with van der Waals surface area (Å²) in [4.78, 5) is 0. The van der Waals surface area contributed by atoms with Gasteiger partial charge in [-0.2, -0.15) is 0 Å². The number of rotatable bonds is 8. The summed E-state index contributed by atoms with van der Waals surface area (Å²) in [5.74, 6) is 1.67.